The molecule has 6 aliphatic carbocycles. The van der Waals surface area contributed by atoms with Crippen LogP contribution in [0.2, 0.25) is 15.1 Å². The van der Waals surface area contributed by atoms with Crippen molar-refractivity contribution in [1.29, 1.82) is 0 Å². The molecule has 6 aromatic rings. The topological polar surface area (TPSA) is 385 Å². The molecule has 0 aromatic heterocycles. The fraction of sp³-hybridized carbons (Fsp3) is 0.594. The van der Waals surface area contributed by atoms with E-state index in [4.69, 9.17) is 92.9 Å². The molecule has 6 heterocycles. The van der Waals surface area contributed by atoms with E-state index in [9.17, 15) is 55.0 Å². The van der Waals surface area contributed by atoms with Gasteiger partial charge in [0, 0.05) is 89.8 Å². The molecule has 6 fully saturated rings. The van der Waals surface area contributed by atoms with Crippen molar-refractivity contribution in [3.63, 3.8) is 0 Å². The number of ether oxygens (including phenoxy) is 9. The van der Waals surface area contributed by atoms with E-state index in [-0.39, 0.29) is 125 Å². The van der Waals surface area contributed by atoms with Crippen LogP contribution in [0.1, 0.15) is 201 Å². The lowest BCUT2D eigenvalue weighted by atomic mass is 9.67. The van der Waals surface area contributed by atoms with Gasteiger partial charge in [0.15, 0.2) is 0 Å². The SMILES string of the molecule is C[C@@H]1C[C@H](OCCS(N)(=O)=O)C[C@@H]([C@@H]2CC[C@H]2CN2C[C@@]3(CCCc4cc(Cl)ccc43)COc3ccc(C(=O)O)cc32)O1.C[C@H]1C[C@@H](OCCS(N)(=O)=O)C[C@H]([C@@H]2CC[C@H]2CN2C[C@@]3(CCCc4cc(Cl)ccc43)COc3ccc(C(=O)O)cc32)O1.C[C@H]1C[C@H](OCCS(N)(=O)=O)C[C@H]([C@@H]2CC[C@H]2CN2C[C@@]3(CCCc4cc(Cl)ccc43)COc3ccc(C(=O)O)cc32)O1. The van der Waals surface area contributed by atoms with E-state index < -0.39 is 48.0 Å². The van der Waals surface area contributed by atoms with Gasteiger partial charge in [0.1, 0.15) is 17.2 Å². The number of anilines is 3. The molecule has 18 atom stereocenters. The predicted octanol–water partition coefficient (Wildman–Crippen LogP) is 14.3. The van der Waals surface area contributed by atoms with Gasteiger partial charge in [-0.15, -0.1) is 0 Å². The van der Waals surface area contributed by atoms with Crippen molar-refractivity contribution in [1.82, 2.24) is 0 Å². The van der Waals surface area contributed by atoms with Crippen molar-refractivity contribution in [2.45, 2.75) is 227 Å². The monoisotopic (exact) mass is 1900 g/mol. The highest BCUT2D eigenvalue weighted by molar-refractivity contribution is 7.89. The number of hydrogen-bond acceptors (Lipinski definition) is 21. The maximum absolute atomic E-state index is 12.0. The quantitative estimate of drug-likeness (QED) is 0.0328. The summed E-state index contributed by atoms with van der Waals surface area (Å²) in [6.07, 6.45) is 19.5. The van der Waals surface area contributed by atoms with Gasteiger partial charge in [0.2, 0.25) is 30.1 Å². The average molecular weight is 1900 g/mol. The van der Waals surface area contributed by atoms with E-state index in [1.54, 1.807) is 54.6 Å². The number of carbonyl (C=O) groups is 3. The predicted molar refractivity (Wildman–Crippen MR) is 494 cm³/mol. The maximum Gasteiger partial charge on any atom is 0.335 e. The molecule has 3 spiro atoms. The number of carboxylic acids is 3. The molecule has 33 heteroatoms. The van der Waals surface area contributed by atoms with E-state index in [0.29, 0.717) is 72.6 Å². The van der Waals surface area contributed by atoms with Gasteiger partial charge < -0.3 is 72.7 Å². The summed E-state index contributed by atoms with van der Waals surface area (Å²) in [7, 11) is -10.7. The maximum atomic E-state index is 12.0. The number of carboxylic acid groups (broad SMARTS) is 3. The van der Waals surface area contributed by atoms with Gasteiger partial charge in [0.25, 0.3) is 0 Å². The molecule has 6 aliphatic heterocycles. The number of fused-ring (bicyclic) bond motifs is 9. The zero-order valence-corrected chi connectivity index (χ0v) is 78.3. The number of primary sulfonamides is 3. The molecule has 6 aromatic carbocycles. The highest BCUT2D eigenvalue weighted by Crippen LogP contribution is 2.54. The van der Waals surface area contributed by atoms with Crippen LogP contribution < -0.4 is 44.3 Å². The smallest absolute Gasteiger partial charge is 0.335 e. The van der Waals surface area contributed by atoms with Gasteiger partial charge in [-0.1, -0.05) is 53.0 Å². The summed E-state index contributed by atoms with van der Waals surface area (Å²) in [5.41, 5.74) is 10.1. The molecule has 129 heavy (non-hydrogen) atoms. The Kier molecular flexibility index (Phi) is 29.3. The van der Waals surface area contributed by atoms with E-state index >= 15 is 0 Å². The first-order chi connectivity index (χ1) is 61.5. The van der Waals surface area contributed by atoms with Gasteiger partial charge in [-0.3, -0.25) is 0 Å². The number of aryl methyl sites for hydroxylation is 3. The molecule has 702 valence electrons. The second kappa shape index (κ2) is 39.8. The fourth-order valence-electron chi connectivity index (χ4n) is 23.2. The minimum atomic E-state index is -3.57. The molecule has 18 rings (SSSR count). The second-order valence-electron chi connectivity index (χ2n) is 38.7. The summed E-state index contributed by atoms with van der Waals surface area (Å²) in [4.78, 5) is 43.0. The van der Waals surface area contributed by atoms with Crippen LogP contribution in [-0.2, 0) is 94.0 Å². The van der Waals surface area contributed by atoms with Crippen LogP contribution in [0.25, 0.3) is 0 Å². The minimum absolute atomic E-state index is 0.0127. The molecule has 0 radical (unpaired) electrons. The molecule has 3 saturated heterocycles. The Morgan fingerprint density at radius 3 is 0.930 bits per heavy atom. The summed E-state index contributed by atoms with van der Waals surface area (Å²) in [6.45, 7) is 12.4. The first kappa shape index (κ1) is 95.1. The van der Waals surface area contributed by atoms with Crippen molar-refractivity contribution in [3.05, 3.63) is 174 Å². The van der Waals surface area contributed by atoms with Crippen LogP contribution >= 0.6 is 34.8 Å². The Labute approximate surface area is 772 Å². The fourth-order valence-corrected chi connectivity index (χ4v) is 24.7. The summed E-state index contributed by atoms with van der Waals surface area (Å²) >= 11 is 19.2. The van der Waals surface area contributed by atoms with E-state index in [1.807, 2.05) is 39.0 Å². The van der Waals surface area contributed by atoms with Crippen LogP contribution in [0.3, 0.4) is 0 Å². The Balaban J connectivity index is 0.000000142. The molecule has 9 N–H and O–H groups in total. The first-order valence-corrected chi connectivity index (χ1v) is 52.2. The van der Waals surface area contributed by atoms with Crippen LogP contribution in [-0.4, -0.2) is 210 Å². The number of rotatable bonds is 24. The van der Waals surface area contributed by atoms with Crippen LogP contribution in [0.4, 0.5) is 17.1 Å². The number of nitrogens with two attached hydrogens (primary N) is 3. The Morgan fingerprint density at radius 2 is 0.682 bits per heavy atom. The highest BCUT2D eigenvalue weighted by Gasteiger charge is 2.51. The largest absolute Gasteiger partial charge is 0.490 e. The average Bonchev–Trinajstić information content (AvgIpc) is 1.74. The molecule has 27 nitrogen and oxygen atoms in total. The number of nitrogens with zero attached hydrogens (tertiary/aromatic N) is 3. The van der Waals surface area contributed by atoms with Gasteiger partial charge >= 0.3 is 17.9 Å². The van der Waals surface area contributed by atoms with Gasteiger partial charge in [-0.2, -0.15) is 0 Å². The summed E-state index contributed by atoms with van der Waals surface area (Å²) in [5.74, 6) is 0.725. The Bertz CT molecular complexity index is 4930. The van der Waals surface area contributed by atoms with Crippen molar-refractivity contribution in [3.8, 4) is 17.2 Å². The number of benzene rings is 6. The van der Waals surface area contributed by atoms with Gasteiger partial charge in [-0.25, -0.2) is 55.1 Å². The van der Waals surface area contributed by atoms with E-state index in [1.165, 1.54) is 33.4 Å². The number of aromatic carboxylic acids is 3. The summed E-state index contributed by atoms with van der Waals surface area (Å²) < 4.78 is 125. The van der Waals surface area contributed by atoms with Crippen molar-refractivity contribution < 1.29 is 97.6 Å². The van der Waals surface area contributed by atoms with Crippen LogP contribution in [0.15, 0.2) is 109 Å². The molecule has 0 bridgehead atoms. The Morgan fingerprint density at radius 1 is 0.403 bits per heavy atom. The summed E-state index contributed by atoms with van der Waals surface area (Å²) in [6, 6.07) is 34.1. The normalized spacial score (nSPS) is 30.5. The molecular formula is C96H123Cl3N6O21S3. The summed E-state index contributed by atoms with van der Waals surface area (Å²) in [5, 5.41) is 47.1. The second-order valence-corrected chi connectivity index (χ2v) is 45.2. The van der Waals surface area contributed by atoms with Crippen LogP contribution in [0.5, 0.6) is 17.2 Å². The number of hydrogen-bond donors (Lipinski definition) is 6. The number of sulfonamides is 3. The van der Waals surface area contributed by atoms with E-state index in [0.717, 1.165) is 206 Å². The highest BCUT2D eigenvalue weighted by atomic mass is 35.5. The lowest BCUT2D eigenvalue weighted by Gasteiger charge is -2.48. The van der Waals surface area contributed by atoms with Crippen molar-refractivity contribution in [2.24, 2.45) is 50.9 Å². The molecule has 0 amide bonds. The van der Waals surface area contributed by atoms with Gasteiger partial charge in [-0.05, 0) is 296 Å². The lowest BCUT2D eigenvalue weighted by Crippen LogP contribution is -2.51. The first-order valence-electron chi connectivity index (χ1n) is 45.9. The molecule has 12 aliphatic rings. The van der Waals surface area contributed by atoms with Gasteiger partial charge in [0.05, 0.1) is 146 Å². The third-order valence-corrected chi connectivity index (χ3v) is 32.6. The standard InChI is InChI=1S/3C32H41ClN2O7S/c3*1-20-13-25(40-11-12-43(34,38)39)16-30(42-20)26-7-4-23(26)17-35-18-32(10-2-3-21-14-24(33)6-8-27(21)32)19-41-29-9-5-22(31(36)37)15-28(29)35/h3*5-6,8-9,14-15,20,23,25-26,30H,2-4,7,10-13,16-19H2,1H3,(H,36,37)(H2,34,38,39)/t20-,23+,25+,26-,30+,32+;20-,23-,25+,26+,30+,32-;20-,23-,25-,26+,30+,32-/m100/s1. The minimum Gasteiger partial charge on any atom is -0.490 e. The molecule has 3 saturated carbocycles. The van der Waals surface area contributed by atoms with Crippen molar-refractivity contribution >= 4 is 99.8 Å². The lowest BCUT2D eigenvalue weighted by molar-refractivity contribution is -0.147. The van der Waals surface area contributed by atoms with E-state index in [2.05, 4.69) is 51.1 Å². The van der Waals surface area contributed by atoms with Crippen molar-refractivity contribution in [2.75, 3.05) is 111 Å². The number of halogens is 3. The van der Waals surface area contributed by atoms with Crippen LogP contribution in [0, 0.1) is 35.5 Å². The molecular weight excluding hydrogens is 1780 g/mol. The third-order valence-electron chi connectivity index (χ3n) is 29.7. The zero-order valence-electron chi connectivity index (χ0n) is 73.6. The Hall–Kier alpha value is -7.11. The third kappa shape index (κ3) is 22.6. The molecule has 0 unspecified atom stereocenters. The zero-order chi connectivity index (χ0) is 91.1.